The van der Waals surface area contributed by atoms with Crippen LogP contribution in [0.25, 0.3) is 0 Å². The van der Waals surface area contributed by atoms with E-state index in [4.69, 9.17) is 15.7 Å². The molecular weight excluding hydrogens is 322 g/mol. The van der Waals surface area contributed by atoms with Gasteiger partial charge in [-0.25, -0.2) is 0 Å². The lowest BCUT2D eigenvalue weighted by atomic mass is 10.1. The Labute approximate surface area is 126 Å². The van der Waals surface area contributed by atoms with Crippen LogP contribution in [-0.4, -0.2) is 36.1 Å². The lowest BCUT2D eigenvalue weighted by Gasteiger charge is -2.38. The predicted molar refractivity (Wildman–Crippen MR) is 77.7 cm³/mol. The predicted octanol–water partition coefficient (Wildman–Crippen LogP) is 1.40. The maximum Gasteiger partial charge on any atom is 0.237 e. The van der Waals surface area contributed by atoms with E-state index in [1.165, 1.54) is 0 Å². The van der Waals surface area contributed by atoms with Gasteiger partial charge in [0.15, 0.2) is 0 Å². The summed E-state index contributed by atoms with van der Waals surface area (Å²) < 4.78 is 6.35. The lowest BCUT2D eigenvalue weighted by Crippen LogP contribution is -2.56. The van der Waals surface area contributed by atoms with Gasteiger partial charge in [-0.2, -0.15) is 5.26 Å². The third-order valence-electron chi connectivity index (χ3n) is 3.44. The summed E-state index contributed by atoms with van der Waals surface area (Å²) in [5.74, 6) is -0.373. The number of hydrogen-bond acceptors (Lipinski definition) is 4. The first-order valence-corrected chi connectivity index (χ1v) is 7.15. The molecule has 2 atom stereocenters. The molecule has 0 unspecified atom stereocenters. The molecule has 20 heavy (non-hydrogen) atoms. The fraction of sp³-hybridized carbons (Fsp3) is 0.429. The fourth-order valence-electron chi connectivity index (χ4n) is 2.44. The van der Waals surface area contributed by atoms with Crippen molar-refractivity contribution in [1.82, 2.24) is 4.90 Å². The SMILES string of the molecule is C[C@H]1OCCN(Cc2ccc(C#N)cc2Br)[C@@H]1C(N)=O. The molecule has 1 aliphatic heterocycles. The second-order valence-corrected chi connectivity index (χ2v) is 5.67. The normalized spacial score (nSPS) is 23.2. The Bertz CT molecular complexity index is 556. The van der Waals surface area contributed by atoms with Crippen molar-refractivity contribution in [3.8, 4) is 6.07 Å². The van der Waals surface area contributed by atoms with Crippen molar-refractivity contribution < 1.29 is 9.53 Å². The molecular formula is C14H16BrN3O2. The summed E-state index contributed by atoms with van der Waals surface area (Å²) >= 11 is 3.46. The standard InChI is InChI=1S/C14H16BrN3O2/c1-9-13(14(17)19)18(4-5-20-9)8-11-3-2-10(7-16)6-12(11)15/h2-3,6,9,13H,4-5,8H2,1H3,(H2,17,19)/t9-,13+/m1/s1. The Balaban J connectivity index is 2.19. The number of carbonyl (C=O) groups is 1. The summed E-state index contributed by atoms with van der Waals surface area (Å²) in [5.41, 5.74) is 7.09. The average Bonchev–Trinajstić information content (AvgIpc) is 2.40. The number of nitriles is 1. The van der Waals surface area contributed by atoms with Crippen LogP contribution in [0, 0.1) is 11.3 Å². The highest BCUT2D eigenvalue weighted by Gasteiger charge is 2.33. The molecule has 0 saturated carbocycles. The quantitative estimate of drug-likeness (QED) is 0.903. The van der Waals surface area contributed by atoms with E-state index in [2.05, 4.69) is 22.0 Å². The number of ether oxygens (including phenoxy) is 1. The molecule has 1 aliphatic rings. The van der Waals surface area contributed by atoms with Crippen LogP contribution in [0.5, 0.6) is 0 Å². The number of nitrogens with two attached hydrogens (primary N) is 1. The molecule has 1 heterocycles. The molecule has 0 spiro atoms. The first kappa shape index (κ1) is 15.0. The summed E-state index contributed by atoms with van der Waals surface area (Å²) in [5, 5.41) is 8.86. The molecule has 2 N–H and O–H groups in total. The van der Waals surface area contributed by atoms with Gasteiger partial charge in [0.05, 0.1) is 24.3 Å². The van der Waals surface area contributed by atoms with E-state index in [1.54, 1.807) is 12.1 Å². The van der Waals surface area contributed by atoms with Crippen molar-refractivity contribution in [2.45, 2.75) is 25.6 Å². The van der Waals surface area contributed by atoms with E-state index in [1.807, 2.05) is 17.9 Å². The largest absolute Gasteiger partial charge is 0.375 e. The Morgan fingerprint density at radius 3 is 3.00 bits per heavy atom. The zero-order valence-electron chi connectivity index (χ0n) is 11.2. The zero-order chi connectivity index (χ0) is 14.7. The summed E-state index contributed by atoms with van der Waals surface area (Å²) in [7, 11) is 0. The van der Waals surface area contributed by atoms with Gasteiger partial charge in [-0.15, -0.1) is 0 Å². The smallest absolute Gasteiger partial charge is 0.237 e. The fourth-order valence-corrected chi connectivity index (χ4v) is 2.94. The lowest BCUT2D eigenvalue weighted by molar-refractivity contribution is -0.136. The minimum absolute atomic E-state index is 0.210. The summed E-state index contributed by atoms with van der Waals surface area (Å²) in [6, 6.07) is 7.10. The number of morpholine rings is 1. The number of halogens is 1. The number of amides is 1. The third-order valence-corrected chi connectivity index (χ3v) is 4.18. The van der Waals surface area contributed by atoms with E-state index in [0.29, 0.717) is 25.3 Å². The number of hydrogen-bond donors (Lipinski definition) is 1. The van der Waals surface area contributed by atoms with Crippen LogP contribution in [0.1, 0.15) is 18.1 Å². The molecule has 0 radical (unpaired) electrons. The van der Waals surface area contributed by atoms with Gasteiger partial charge in [-0.3, -0.25) is 9.69 Å². The number of benzene rings is 1. The van der Waals surface area contributed by atoms with Gasteiger partial charge in [0, 0.05) is 17.6 Å². The topological polar surface area (TPSA) is 79.3 Å². The number of carbonyl (C=O) groups excluding carboxylic acids is 1. The van der Waals surface area contributed by atoms with E-state index < -0.39 is 6.04 Å². The van der Waals surface area contributed by atoms with E-state index in [0.717, 1.165) is 10.0 Å². The van der Waals surface area contributed by atoms with Gasteiger partial charge in [-0.1, -0.05) is 22.0 Å². The van der Waals surface area contributed by atoms with Crippen LogP contribution in [-0.2, 0) is 16.1 Å². The van der Waals surface area contributed by atoms with Gasteiger partial charge >= 0.3 is 0 Å². The summed E-state index contributed by atoms with van der Waals surface area (Å²) in [4.78, 5) is 13.6. The van der Waals surface area contributed by atoms with Crippen molar-refractivity contribution in [2.75, 3.05) is 13.2 Å². The monoisotopic (exact) mass is 337 g/mol. The van der Waals surface area contributed by atoms with Gasteiger partial charge in [0.2, 0.25) is 5.91 Å². The third kappa shape index (κ3) is 3.18. The van der Waals surface area contributed by atoms with Crippen LogP contribution in [0.3, 0.4) is 0 Å². The van der Waals surface area contributed by atoms with E-state index >= 15 is 0 Å². The molecule has 5 nitrogen and oxygen atoms in total. The number of nitrogens with zero attached hydrogens (tertiary/aromatic N) is 2. The number of primary amides is 1. The van der Waals surface area contributed by atoms with Crippen LogP contribution in [0.15, 0.2) is 22.7 Å². The zero-order valence-corrected chi connectivity index (χ0v) is 12.8. The molecule has 2 rings (SSSR count). The Kier molecular flexibility index (Phi) is 4.76. The molecule has 1 aromatic rings. The van der Waals surface area contributed by atoms with Gasteiger partial charge in [-0.05, 0) is 24.6 Å². The minimum atomic E-state index is -0.425. The molecule has 1 amide bonds. The highest BCUT2D eigenvalue weighted by Crippen LogP contribution is 2.23. The molecule has 1 aromatic carbocycles. The number of rotatable bonds is 3. The van der Waals surface area contributed by atoms with Crippen LogP contribution in [0.4, 0.5) is 0 Å². The molecule has 0 aliphatic carbocycles. The van der Waals surface area contributed by atoms with Crippen molar-refractivity contribution in [1.29, 1.82) is 5.26 Å². The van der Waals surface area contributed by atoms with Gasteiger partial charge in [0.25, 0.3) is 0 Å². The average molecular weight is 338 g/mol. The molecule has 0 aromatic heterocycles. The van der Waals surface area contributed by atoms with Gasteiger partial charge in [0.1, 0.15) is 6.04 Å². The maximum atomic E-state index is 11.6. The second kappa shape index (κ2) is 6.35. The van der Waals surface area contributed by atoms with Crippen LogP contribution in [0.2, 0.25) is 0 Å². The molecule has 6 heteroatoms. The Morgan fingerprint density at radius 2 is 2.40 bits per heavy atom. The second-order valence-electron chi connectivity index (χ2n) is 4.81. The van der Waals surface area contributed by atoms with Crippen LogP contribution < -0.4 is 5.73 Å². The summed E-state index contributed by atoms with van der Waals surface area (Å²) in [6.45, 7) is 3.69. The van der Waals surface area contributed by atoms with E-state index in [9.17, 15) is 4.79 Å². The molecule has 1 fully saturated rings. The maximum absolute atomic E-state index is 11.6. The van der Waals surface area contributed by atoms with Gasteiger partial charge < -0.3 is 10.5 Å². The minimum Gasteiger partial charge on any atom is -0.375 e. The Hall–Kier alpha value is -1.42. The highest BCUT2D eigenvalue weighted by molar-refractivity contribution is 9.10. The Morgan fingerprint density at radius 1 is 1.65 bits per heavy atom. The molecule has 1 saturated heterocycles. The first-order chi connectivity index (χ1) is 9.52. The highest BCUT2D eigenvalue weighted by atomic mass is 79.9. The van der Waals surface area contributed by atoms with E-state index in [-0.39, 0.29) is 12.0 Å². The van der Waals surface area contributed by atoms with Crippen molar-refractivity contribution in [2.24, 2.45) is 5.73 Å². The van der Waals surface area contributed by atoms with Crippen LogP contribution >= 0.6 is 15.9 Å². The van der Waals surface area contributed by atoms with Crippen molar-refractivity contribution >= 4 is 21.8 Å². The molecule has 0 bridgehead atoms. The van der Waals surface area contributed by atoms with Crippen molar-refractivity contribution in [3.63, 3.8) is 0 Å². The summed E-state index contributed by atoms with van der Waals surface area (Å²) in [6.07, 6.45) is -0.210. The molecule has 106 valence electrons. The van der Waals surface area contributed by atoms with Crippen molar-refractivity contribution in [3.05, 3.63) is 33.8 Å². The first-order valence-electron chi connectivity index (χ1n) is 6.36.